The third-order valence-corrected chi connectivity index (χ3v) is 6.04. The molecule has 1 amide bonds. The monoisotopic (exact) mass is 373 g/mol. The minimum absolute atomic E-state index is 0.167. The Morgan fingerprint density at radius 3 is 3.04 bits per heavy atom. The van der Waals surface area contributed by atoms with Gasteiger partial charge in [-0.2, -0.15) is 10.4 Å². The molecule has 2 atom stereocenters. The maximum atomic E-state index is 12.5. The van der Waals surface area contributed by atoms with E-state index in [1.54, 1.807) is 6.92 Å². The number of fused-ring (bicyclic) bond motifs is 1. The van der Waals surface area contributed by atoms with E-state index in [9.17, 15) is 20.2 Å². The van der Waals surface area contributed by atoms with Crippen LogP contribution in [0.1, 0.15) is 48.7 Å². The summed E-state index contributed by atoms with van der Waals surface area (Å²) in [6.07, 6.45) is 6.32. The van der Waals surface area contributed by atoms with E-state index in [4.69, 9.17) is 0 Å². The van der Waals surface area contributed by atoms with Crippen LogP contribution in [-0.2, 0) is 17.6 Å². The lowest BCUT2D eigenvalue weighted by atomic mass is 9.86. The van der Waals surface area contributed by atoms with Crippen LogP contribution < -0.4 is 5.32 Å². The van der Waals surface area contributed by atoms with E-state index in [1.807, 2.05) is 0 Å². The molecule has 1 aliphatic rings. The Bertz CT molecular complexity index is 895. The van der Waals surface area contributed by atoms with Crippen LogP contribution >= 0.6 is 11.3 Å². The van der Waals surface area contributed by atoms with Gasteiger partial charge in [-0.15, -0.1) is 11.3 Å². The zero-order valence-electron chi connectivity index (χ0n) is 14.6. The zero-order chi connectivity index (χ0) is 18.8. The van der Waals surface area contributed by atoms with Gasteiger partial charge in [0.1, 0.15) is 29.5 Å². The zero-order valence-corrected chi connectivity index (χ0v) is 15.4. The summed E-state index contributed by atoms with van der Waals surface area (Å²) in [4.78, 5) is 23.9. The first-order chi connectivity index (χ1) is 12.4. The summed E-state index contributed by atoms with van der Waals surface area (Å²) >= 11 is 1.46. The number of nitro groups is 1. The molecule has 2 aromatic heterocycles. The molecule has 136 valence electrons. The van der Waals surface area contributed by atoms with Gasteiger partial charge in [0.25, 0.3) is 0 Å². The summed E-state index contributed by atoms with van der Waals surface area (Å²) in [7, 11) is 0. The second kappa shape index (κ2) is 7.25. The number of rotatable bonds is 5. The second-order valence-electron chi connectivity index (χ2n) is 6.44. The Kier molecular flexibility index (Phi) is 5.04. The van der Waals surface area contributed by atoms with Crippen molar-refractivity contribution in [2.24, 2.45) is 5.92 Å². The molecule has 26 heavy (non-hydrogen) atoms. The van der Waals surface area contributed by atoms with Crippen molar-refractivity contribution in [3.8, 4) is 6.07 Å². The number of carbonyl (C=O) groups is 1. The highest BCUT2D eigenvalue weighted by Crippen LogP contribution is 2.40. The molecule has 1 N–H and O–H groups in total. The van der Waals surface area contributed by atoms with Gasteiger partial charge < -0.3 is 5.32 Å². The molecule has 0 fully saturated rings. The van der Waals surface area contributed by atoms with Crippen LogP contribution in [0.25, 0.3) is 0 Å². The van der Waals surface area contributed by atoms with Crippen LogP contribution in [0, 0.1) is 27.4 Å². The second-order valence-corrected chi connectivity index (χ2v) is 7.54. The summed E-state index contributed by atoms with van der Waals surface area (Å²) in [5.74, 6) is 0.268. The quantitative estimate of drug-likeness (QED) is 0.637. The maximum absolute atomic E-state index is 12.5. The molecular formula is C17H19N5O3S. The highest BCUT2D eigenvalue weighted by Gasteiger charge is 2.27. The molecular weight excluding hydrogens is 354 g/mol. The fraction of sp³-hybridized carbons (Fsp3) is 0.471. The molecule has 0 unspecified atom stereocenters. The van der Waals surface area contributed by atoms with E-state index in [1.165, 1.54) is 27.1 Å². The summed E-state index contributed by atoms with van der Waals surface area (Å²) in [6.45, 7) is 3.78. The van der Waals surface area contributed by atoms with E-state index < -0.39 is 11.0 Å². The van der Waals surface area contributed by atoms with Gasteiger partial charge in [0, 0.05) is 4.88 Å². The average molecular weight is 373 g/mol. The van der Waals surface area contributed by atoms with Gasteiger partial charge in [-0.25, -0.2) is 0 Å². The number of aromatic nitrogens is 2. The van der Waals surface area contributed by atoms with Crippen LogP contribution in [0.4, 0.5) is 10.7 Å². The standard InChI is InChI=1S/C17H19N5O3S/c1-3-11-4-5-13-14(7-18)17(26-15(13)6-11)20-16(23)10(2)21-9-12(8-19-21)22(24)25/h8-11H,3-6H2,1-2H3,(H,20,23)/t10-,11-/m1/s1. The third kappa shape index (κ3) is 3.32. The Hall–Kier alpha value is -2.73. The van der Waals surface area contributed by atoms with E-state index >= 15 is 0 Å². The number of anilines is 1. The van der Waals surface area contributed by atoms with Crippen molar-refractivity contribution in [1.82, 2.24) is 9.78 Å². The predicted molar refractivity (Wildman–Crippen MR) is 97.1 cm³/mol. The number of carbonyl (C=O) groups excluding carboxylic acids is 1. The minimum Gasteiger partial charge on any atom is -0.315 e. The van der Waals surface area contributed by atoms with Gasteiger partial charge >= 0.3 is 5.69 Å². The maximum Gasteiger partial charge on any atom is 0.307 e. The van der Waals surface area contributed by atoms with Crippen molar-refractivity contribution in [1.29, 1.82) is 5.26 Å². The minimum atomic E-state index is -0.724. The lowest BCUT2D eigenvalue weighted by Gasteiger charge is -2.20. The molecule has 0 aliphatic heterocycles. The Morgan fingerprint density at radius 1 is 1.65 bits per heavy atom. The smallest absolute Gasteiger partial charge is 0.307 e. The molecule has 0 spiro atoms. The van der Waals surface area contributed by atoms with Gasteiger partial charge in [-0.1, -0.05) is 13.3 Å². The van der Waals surface area contributed by atoms with Gasteiger partial charge in [0.05, 0.1) is 10.5 Å². The summed E-state index contributed by atoms with van der Waals surface area (Å²) in [5, 5.41) is 27.6. The van der Waals surface area contributed by atoms with Crippen molar-refractivity contribution in [2.75, 3.05) is 5.32 Å². The third-order valence-electron chi connectivity index (χ3n) is 4.87. The van der Waals surface area contributed by atoms with Gasteiger partial charge in [0.15, 0.2) is 0 Å². The van der Waals surface area contributed by atoms with Crippen LogP contribution in [0.2, 0.25) is 0 Å². The molecule has 0 radical (unpaired) electrons. The lowest BCUT2D eigenvalue weighted by molar-refractivity contribution is -0.385. The number of thiophene rings is 1. The van der Waals surface area contributed by atoms with E-state index in [0.29, 0.717) is 16.5 Å². The van der Waals surface area contributed by atoms with Crippen LogP contribution in [0.5, 0.6) is 0 Å². The molecule has 1 aliphatic carbocycles. The molecule has 0 aromatic carbocycles. The van der Waals surface area contributed by atoms with Crippen molar-refractivity contribution in [3.05, 3.63) is 38.5 Å². The average Bonchev–Trinajstić information content (AvgIpc) is 3.24. The summed E-state index contributed by atoms with van der Waals surface area (Å²) in [6, 6.07) is 1.50. The molecule has 0 saturated heterocycles. The highest BCUT2D eigenvalue weighted by molar-refractivity contribution is 7.16. The first-order valence-electron chi connectivity index (χ1n) is 8.48. The normalized spacial score (nSPS) is 17.2. The summed E-state index contributed by atoms with van der Waals surface area (Å²) in [5.41, 5.74) is 1.44. The van der Waals surface area contributed by atoms with E-state index in [-0.39, 0.29) is 11.6 Å². The number of nitriles is 1. The molecule has 8 nitrogen and oxygen atoms in total. The fourth-order valence-electron chi connectivity index (χ4n) is 3.18. The fourth-order valence-corrected chi connectivity index (χ4v) is 4.49. The molecule has 2 aromatic rings. The molecule has 9 heteroatoms. The van der Waals surface area contributed by atoms with Crippen LogP contribution in [0.15, 0.2) is 12.4 Å². The van der Waals surface area contributed by atoms with Gasteiger partial charge in [-0.3, -0.25) is 19.6 Å². The van der Waals surface area contributed by atoms with Crippen molar-refractivity contribution in [3.63, 3.8) is 0 Å². The predicted octanol–water partition coefficient (Wildman–Crippen LogP) is 3.44. The summed E-state index contributed by atoms with van der Waals surface area (Å²) < 4.78 is 1.25. The first kappa shape index (κ1) is 18.1. The highest BCUT2D eigenvalue weighted by atomic mass is 32.1. The van der Waals surface area contributed by atoms with Crippen molar-refractivity contribution >= 4 is 27.9 Å². The molecule has 0 bridgehead atoms. The number of amides is 1. The van der Waals surface area contributed by atoms with E-state index in [2.05, 4.69) is 23.4 Å². The largest absolute Gasteiger partial charge is 0.315 e. The SMILES string of the molecule is CC[C@@H]1CCc2c(sc(NC(=O)[C@@H](C)n3cc([N+](=O)[O-])cn3)c2C#N)C1. The lowest BCUT2D eigenvalue weighted by Crippen LogP contribution is -2.24. The molecule has 2 heterocycles. The topological polar surface area (TPSA) is 114 Å². The Balaban J connectivity index is 1.80. The van der Waals surface area contributed by atoms with Crippen molar-refractivity contribution < 1.29 is 9.72 Å². The molecule has 3 rings (SSSR count). The van der Waals surface area contributed by atoms with Gasteiger partial charge in [-0.05, 0) is 37.7 Å². The van der Waals surface area contributed by atoms with Crippen LogP contribution in [-0.4, -0.2) is 20.6 Å². The van der Waals surface area contributed by atoms with Gasteiger partial charge in [0.2, 0.25) is 5.91 Å². The Morgan fingerprint density at radius 2 is 2.42 bits per heavy atom. The van der Waals surface area contributed by atoms with E-state index in [0.717, 1.165) is 37.4 Å². The first-order valence-corrected chi connectivity index (χ1v) is 9.30. The van der Waals surface area contributed by atoms with Crippen LogP contribution in [0.3, 0.4) is 0 Å². The molecule has 0 saturated carbocycles. The number of hydrogen-bond acceptors (Lipinski definition) is 6. The van der Waals surface area contributed by atoms with Crippen molar-refractivity contribution in [2.45, 2.75) is 45.6 Å². The number of hydrogen-bond donors (Lipinski definition) is 1. The number of nitrogens with one attached hydrogen (secondary N) is 1. The number of nitrogens with zero attached hydrogens (tertiary/aromatic N) is 4. The Labute approximate surface area is 154 Å².